The topological polar surface area (TPSA) is 73.1 Å². The highest BCUT2D eigenvalue weighted by Gasteiger charge is 2.19. The van der Waals surface area contributed by atoms with E-state index in [0.717, 1.165) is 46.8 Å². The molecule has 150 valence electrons. The number of fused-ring (bicyclic) bond motifs is 2. The number of nitrogens with one attached hydrogen (secondary N) is 3. The lowest BCUT2D eigenvalue weighted by Gasteiger charge is -2.31. The normalized spacial score (nSPS) is 13.1. The van der Waals surface area contributed by atoms with Crippen LogP contribution in [0.5, 0.6) is 0 Å². The Bertz CT molecular complexity index is 1190. The van der Waals surface area contributed by atoms with Gasteiger partial charge < -0.3 is 20.5 Å². The van der Waals surface area contributed by atoms with Crippen LogP contribution in [0.25, 0.3) is 10.9 Å². The number of carbonyl (C=O) groups is 1. The summed E-state index contributed by atoms with van der Waals surface area (Å²) in [7, 11) is 0. The Hall–Kier alpha value is -3.45. The largest absolute Gasteiger partial charge is 0.364 e. The Morgan fingerprint density at radius 3 is 2.90 bits per heavy atom. The van der Waals surface area contributed by atoms with E-state index >= 15 is 0 Å². The first kappa shape index (κ1) is 18.6. The highest BCUT2D eigenvalue weighted by atomic mass is 32.2. The van der Waals surface area contributed by atoms with Crippen molar-refractivity contribution in [1.82, 2.24) is 9.97 Å². The van der Waals surface area contributed by atoms with Crippen molar-refractivity contribution in [2.24, 2.45) is 0 Å². The molecule has 6 nitrogen and oxygen atoms in total. The van der Waals surface area contributed by atoms with Gasteiger partial charge in [0.1, 0.15) is 0 Å². The van der Waals surface area contributed by atoms with Crippen molar-refractivity contribution in [3.8, 4) is 0 Å². The van der Waals surface area contributed by atoms with Crippen LogP contribution in [0.2, 0.25) is 0 Å². The fraction of sp³-hybridized carbons (Fsp3) is 0.130. The lowest BCUT2D eigenvalue weighted by Crippen LogP contribution is -2.29. The SMILES string of the molecule is O=C(Nc1ccc2c(c1)SCCN2Cc1ccccn1)Nc1c[nH]c2ccccc12. The third-order valence-corrected chi connectivity index (χ3v) is 6.12. The van der Waals surface area contributed by atoms with Gasteiger partial charge in [0.25, 0.3) is 0 Å². The number of amides is 2. The van der Waals surface area contributed by atoms with Crippen molar-refractivity contribution < 1.29 is 4.79 Å². The first-order valence-corrected chi connectivity index (χ1v) is 10.8. The molecule has 0 saturated heterocycles. The Labute approximate surface area is 178 Å². The summed E-state index contributed by atoms with van der Waals surface area (Å²) in [5.74, 6) is 1.00. The molecule has 1 aliphatic rings. The van der Waals surface area contributed by atoms with Crippen LogP contribution in [0.15, 0.2) is 78.0 Å². The van der Waals surface area contributed by atoms with Crippen LogP contribution in [0, 0.1) is 0 Å². The number of aromatic amines is 1. The van der Waals surface area contributed by atoms with Gasteiger partial charge in [-0.25, -0.2) is 4.79 Å². The average molecular weight is 416 g/mol. The first-order chi connectivity index (χ1) is 14.8. The minimum absolute atomic E-state index is 0.258. The Kier molecular flexibility index (Phi) is 5.03. The second-order valence-electron chi connectivity index (χ2n) is 7.10. The number of nitrogens with zero attached hydrogens (tertiary/aromatic N) is 2. The highest BCUT2D eigenvalue weighted by molar-refractivity contribution is 7.99. The van der Waals surface area contributed by atoms with E-state index in [1.165, 1.54) is 10.6 Å². The summed E-state index contributed by atoms with van der Waals surface area (Å²) in [4.78, 5) is 23.7. The highest BCUT2D eigenvalue weighted by Crippen LogP contribution is 2.37. The molecule has 1 aliphatic heterocycles. The van der Waals surface area contributed by atoms with Gasteiger partial charge in [-0.15, -0.1) is 11.8 Å². The van der Waals surface area contributed by atoms with E-state index in [9.17, 15) is 4.79 Å². The molecule has 7 heteroatoms. The van der Waals surface area contributed by atoms with Gasteiger partial charge in [0.05, 0.1) is 23.6 Å². The summed E-state index contributed by atoms with van der Waals surface area (Å²) >= 11 is 1.81. The maximum Gasteiger partial charge on any atom is 0.323 e. The average Bonchev–Trinajstić information content (AvgIpc) is 3.17. The molecule has 0 spiro atoms. The van der Waals surface area contributed by atoms with Crippen LogP contribution in [0.4, 0.5) is 21.9 Å². The number of hydrogen-bond acceptors (Lipinski definition) is 4. The lowest BCUT2D eigenvalue weighted by molar-refractivity contribution is 0.262. The number of rotatable bonds is 4. The molecule has 0 radical (unpaired) electrons. The molecule has 3 N–H and O–H groups in total. The van der Waals surface area contributed by atoms with Gasteiger partial charge in [0, 0.05) is 46.2 Å². The number of benzene rings is 2. The van der Waals surface area contributed by atoms with E-state index in [2.05, 4.69) is 31.6 Å². The molecule has 0 bridgehead atoms. The molecule has 0 saturated carbocycles. The molecule has 0 atom stereocenters. The number of thioether (sulfide) groups is 1. The van der Waals surface area contributed by atoms with E-state index in [1.807, 2.05) is 78.8 Å². The van der Waals surface area contributed by atoms with Gasteiger partial charge >= 0.3 is 6.03 Å². The van der Waals surface area contributed by atoms with Crippen molar-refractivity contribution in [2.45, 2.75) is 11.4 Å². The van der Waals surface area contributed by atoms with Gasteiger partial charge in [0.15, 0.2) is 0 Å². The second kappa shape index (κ2) is 8.12. The number of urea groups is 1. The first-order valence-electron chi connectivity index (χ1n) is 9.82. The van der Waals surface area contributed by atoms with Crippen molar-refractivity contribution in [1.29, 1.82) is 0 Å². The van der Waals surface area contributed by atoms with E-state index in [1.54, 1.807) is 0 Å². The second-order valence-corrected chi connectivity index (χ2v) is 8.24. The van der Waals surface area contributed by atoms with Crippen molar-refractivity contribution in [3.05, 3.63) is 78.8 Å². The Balaban J connectivity index is 1.30. The van der Waals surface area contributed by atoms with Gasteiger partial charge in [0.2, 0.25) is 0 Å². The zero-order valence-corrected chi connectivity index (χ0v) is 17.1. The molecule has 2 aromatic carbocycles. The fourth-order valence-corrected chi connectivity index (χ4v) is 4.75. The number of H-pyrrole nitrogens is 1. The molecule has 2 amide bonds. The predicted octanol–water partition coefficient (Wildman–Crippen LogP) is 5.32. The molecule has 4 aromatic rings. The van der Waals surface area contributed by atoms with Crippen LogP contribution in [-0.4, -0.2) is 28.3 Å². The molecule has 30 heavy (non-hydrogen) atoms. The summed E-state index contributed by atoms with van der Waals surface area (Å²) in [5.41, 5.74) is 4.76. The molecular weight excluding hydrogens is 394 g/mol. The van der Waals surface area contributed by atoms with Gasteiger partial charge in [-0.3, -0.25) is 4.98 Å². The maximum absolute atomic E-state index is 12.5. The van der Waals surface area contributed by atoms with Crippen molar-refractivity contribution >= 4 is 45.8 Å². The number of para-hydroxylation sites is 1. The van der Waals surface area contributed by atoms with Gasteiger partial charge in [-0.2, -0.15) is 0 Å². The van der Waals surface area contributed by atoms with Crippen LogP contribution in [0.1, 0.15) is 5.69 Å². The van der Waals surface area contributed by atoms with E-state index < -0.39 is 0 Å². The van der Waals surface area contributed by atoms with Crippen molar-refractivity contribution in [2.75, 3.05) is 27.8 Å². The summed E-state index contributed by atoms with van der Waals surface area (Å²) < 4.78 is 0. The number of anilines is 3. The minimum Gasteiger partial charge on any atom is -0.364 e. The summed E-state index contributed by atoms with van der Waals surface area (Å²) in [6.45, 7) is 1.75. The molecule has 5 rings (SSSR count). The third kappa shape index (κ3) is 3.84. The number of pyridine rings is 1. The molecule has 0 fully saturated rings. The monoisotopic (exact) mass is 415 g/mol. The molecule has 0 unspecified atom stereocenters. The van der Waals surface area contributed by atoms with E-state index in [4.69, 9.17) is 0 Å². The van der Waals surface area contributed by atoms with Crippen LogP contribution >= 0.6 is 11.8 Å². The standard InChI is InChI=1S/C23H21N5OS/c29-23(27-20-14-25-19-7-2-1-6-18(19)20)26-16-8-9-21-22(13-16)30-12-11-28(21)15-17-5-3-4-10-24-17/h1-10,13-14,25H,11-12,15H2,(H2,26,27,29). The summed E-state index contributed by atoms with van der Waals surface area (Å²) in [6, 6.07) is 19.7. The van der Waals surface area contributed by atoms with Crippen molar-refractivity contribution in [3.63, 3.8) is 0 Å². The maximum atomic E-state index is 12.5. The number of aromatic nitrogens is 2. The summed E-state index contributed by atoms with van der Waals surface area (Å²) in [5, 5.41) is 6.86. The molecule has 2 aromatic heterocycles. The van der Waals surface area contributed by atoms with E-state index in [-0.39, 0.29) is 6.03 Å². The Morgan fingerprint density at radius 2 is 2.00 bits per heavy atom. The zero-order chi connectivity index (χ0) is 20.3. The molecular formula is C23H21N5OS. The van der Waals surface area contributed by atoms with E-state index in [0.29, 0.717) is 0 Å². The fourth-order valence-electron chi connectivity index (χ4n) is 3.67. The smallest absolute Gasteiger partial charge is 0.323 e. The summed E-state index contributed by atoms with van der Waals surface area (Å²) in [6.07, 6.45) is 3.64. The van der Waals surface area contributed by atoms with Gasteiger partial charge in [-0.1, -0.05) is 24.3 Å². The number of carbonyl (C=O) groups excluding carboxylic acids is 1. The van der Waals surface area contributed by atoms with Crippen LogP contribution in [-0.2, 0) is 6.54 Å². The quantitative estimate of drug-likeness (QED) is 0.422. The minimum atomic E-state index is -0.258. The predicted molar refractivity (Wildman–Crippen MR) is 123 cm³/mol. The lowest BCUT2D eigenvalue weighted by atomic mass is 10.2. The third-order valence-electron chi connectivity index (χ3n) is 5.09. The van der Waals surface area contributed by atoms with Gasteiger partial charge in [-0.05, 0) is 36.4 Å². The molecule has 3 heterocycles. The number of hydrogen-bond donors (Lipinski definition) is 3. The molecule has 0 aliphatic carbocycles. The zero-order valence-electron chi connectivity index (χ0n) is 16.3. The van der Waals surface area contributed by atoms with Crippen LogP contribution < -0.4 is 15.5 Å². The Morgan fingerprint density at radius 1 is 1.10 bits per heavy atom. The van der Waals surface area contributed by atoms with Crippen LogP contribution in [0.3, 0.4) is 0 Å².